The molecule has 0 saturated heterocycles. The van der Waals surface area contributed by atoms with Crippen LogP contribution in [0.1, 0.15) is 38.8 Å². The van der Waals surface area contributed by atoms with Gasteiger partial charge in [-0.2, -0.15) is 5.10 Å². The topological polar surface area (TPSA) is 117 Å². The number of rotatable bonds is 10. The quantitative estimate of drug-likeness (QED) is 0.0860. The van der Waals surface area contributed by atoms with Crippen LogP contribution in [0.4, 0.5) is 0 Å². The Hall–Kier alpha value is -4.64. The second-order valence-corrected chi connectivity index (χ2v) is 11.2. The van der Waals surface area contributed by atoms with E-state index in [1.54, 1.807) is 12.1 Å². The number of aromatic nitrogens is 3. The lowest BCUT2D eigenvalue weighted by atomic mass is 9.87. The van der Waals surface area contributed by atoms with E-state index in [1.165, 1.54) is 44.7 Å². The van der Waals surface area contributed by atoms with Crippen LogP contribution in [0.25, 0.3) is 17.1 Å². The summed E-state index contributed by atoms with van der Waals surface area (Å²) in [5.74, 6) is 0.647. The monoisotopic (exact) mass is 587 g/mol. The molecule has 42 heavy (non-hydrogen) atoms. The molecule has 0 unspecified atom stereocenters. The van der Waals surface area contributed by atoms with E-state index in [4.69, 9.17) is 14.2 Å². The molecule has 0 saturated carbocycles. The van der Waals surface area contributed by atoms with Gasteiger partial charge in [0.15, 0.2) is 22.5 Å². The molecular weight excluding hydrogens is 554 g/mol. The summed E-state index contributed by atoms with van der Waals surface area (Å²) in [5, 5.41) is 13.5. The van der Waals surface area contributed by atoms with Crippen molar-refractivity contribution < 1.29 is 23.8 Å². The molecule has 1 N–H and O–H groups in total. The minimum atomic E-state index is -0.508. The highest BCUT2D eigenvalue weighted by atomic mass is 32.2. The number of carbonyl (C=O) groups excluding carboxylic acids is 2. The lowest BCUT2D eigenvalue weighted by molar-refractivity contribution is -0.132. The number of hydrazone groups is 1. The lowest BCUT2D eigenvalue weighted by Crippen LogP contribution is -2.20. The van der Waals surface area contributed by atoms with E-state index in [0.717, 1.165) is 11.3 Å². The van der Waals surface area contributed by atoms with Crippen LogP contribution in [-0.2, 0) is 15.0 Å². The normalized spacial score (nSPS) is 11.4. The molecule has 3 aromatic carbocycles. The Morgan fingerprint density at radius 3 is 2.19 bits per heavy atom. The Labute approximate surface area is 249 Å². The van der Waals surface area contributed by atoms with Crippen molar-refractivity contribution in [2.45, 2.75) is 38.3 Å². The van der Waals surface area contributed by atoms with Gasteiger partial charge in [-0.25, -0.2) is 5.43 Å². The standard InChI is InChI=1S/C31H33N5O5S/c1-20(37)41-28-25(39-5)16-21(17-26(28)40-6)18-32-33-27(38)19-42-30-35-34-29(36(30)24-10-8-7-9-11-24)22-12-14-23(15-13-22)31(2,3)4/h7-18H,19H2,1-6H3,(H,33,38)/b32-18-. The van der Waals surface area contributed by atoms with Gasteiger partial charge in [0, 0.05) is 23.7 Å². The fourth-order valence-electron chi connectivity index (χ4n) is 4.04. The number of nitrogens with zero attached hydrogens (tertiary/aromatic N) is 4. The number of esters is 1. The van der Waals surface area contributed by atoms with Gasteiger partial charge in [0.05, 0.1) is 26.2 Å². The van der Waals surface area contributed by atoms with E-state index in [2.05, 4.69) is 53.6 Å². The van der Waals surface area contributed by atoms with Gasteiger partial charge in [-0.15, -0.1) is 10.2 Å². The average molecular weight is 588 g/mol. The molecule has 0 aliphatic rings. The first-order valence-electron chi connectivity index (χ1n) is 13.1. The lowest BCUT2D eigenvalue weighted by Gasteiger charge is -2.19. The molecule has 1 amide bonds. The van der Waals surface area contributed by atoms with Crippen LogP contribution in [0.2, 0.25) is 0 Å². The summed E-state index contributed by atoms with van der Waals surface area (Å²) in [6.07, 6.45) is 1.44. The summed E-state index contributed by atoms with van der Waals surface area (Å²) in [6.45, 7) is 7.81. The SMILES string of the molecule is COc1cc(/C=N\NC(=O)CSc2nnc(-c3ccc(C(C)(C)C)cc3)n2-c2ccccc2)cc(OC)c1OC(C)=O. The zero-order valence-corrected chi connectivity index (χ0v) is 25.2. The smallest absolute Gasteiger partial charge is 0.308 e. The first kappa shape index (κ1) is 30.3. The molecule has 4 aromatic rings. The van der Waals surface area contributed by atoms with E-state index in [9.17, 15) is 9.59 Å². The van der Waals surface area contributed by atoms with Crippen LogP contribution in [0.5, 0.6) is 17.2 Å². The van der Waals surface area contributed by atoms with E-state index in [1.807, 2.05) is 47.0 Å². The van der Waals surface area contributed by atoms with Crippen molar-refractivity contribution in [1.29, 1.82) is 0 Å². The molecule has 0 fully saturated rings. The van der Waals surface area contributed by atoms with Gasteiger partial charge in [-0.05, 0) is 35.2 Å². The molecule has 4 rings (SSSR count). The highest BCUT2D eigenvalue weighted by Crippen LogP contribution is 2.38. The molecular formula is C31H33N5O5S. The van der Waals surface area contributed by atoms with Crippen molar-refractivity contribution in [3.63, 3.8) is 0 Å². The van der Waals surface area contributed by atoms with Crippen molar-refractivity contribution in [1.82, 2.24) is 20.2 Å². The van der Waals surface area contributed by atoms with Crippen molar-refractivity contribution in [3.05, 3.63) is 77.9 Å². The van der Waals surface area contributed by atoms with E-state index in [-0.39, 0.29) is 34.3 Å². The number of nitrogens with one attached hydrogen (secondary N) is 1. The summed E-state index contributed by atoms with van der Waals surface area (Å²) in [5.41, 5.74) is 6.16. The third-order valence-corrected chi connectivity index (χ3v) is 7.05. The van der Waals surface area contributed by atoms with Crippen LogP contribution in [-0.4, -0.2) is 52.8 Å². The Bertz CT molecular complexity index is 1550. The van der Waals surface area contributed by atoms with Gasteiger partial charge in [-0.3, -0.25) is 14.2 Å². The first-order chi connectivity index (χ1) is 20.1. The molecule has 218 valence electrons. The predicted octanol–water partition coefficient (Wildman–Crippen LogP) is 5.42. The van der Waals surface area contributed by atoms with E-state index < -0.39 is 5.97 Å². The molecule has 1 aromatic heterocycles. The van der Waals surface area contributed by atoms with Crippen molar-refractivity contribution in [2.24, 2.45) is 5.10 Å². The van der Waals surface area contributed by atoms with Crippen molar-refractivity contribution in [2.75, 3.05) is 20.0 Å². The number of carbonyl (C=O) groups is 2. The molecule has 0 bridgehead atoms. The van der Waals surface area contributed by atoms with Crippen LogP contribution in [0.15, 0.2) is 77.0 Å². The third-order valence-electron chi connectivity index (χ3n) is 6.12. The van der Waals surface area contributed by atoms with Gasteiger partial charge in [0.25, 0.3) is 5.91 Å². The molecule has 0 aliphatic carbocycles. The highest BCUT2D eigenvalue weighted by Gasteiger charge is 2.19. The van der Waals surface area contributed by atoms with Crippen molar-refractivity contribution in [3.8, 4) is 34.3 Å². The van der Waals surface area contributed by atoms with Crippen LogP contribution in [0, 0.1) is 0 Å². The summed E-state index contributed by atoms with van der Waals surface area (Å²) < 4.78 is 17.8. The largest absolute Gasteiger partial charge is 0.493 e. The van der Waals surface area contributed by atoms with Gasteiger partial charge in [-0.1, -0.05) is 75.0 Å². The summed E-state index contributed by atoms with van der Waals surface area (Å²) >= 11 is 1.25. The fraction of sp³-hybridized carbons (Fsp3) is 0.258. The number of ether oxygens (including phenoxy) is 3. The Kier molecular flexibility index (Phi) is 9.64. The van der Waals surface area contributed by atoms with Crippen LogP contribution >= 0.6 is 11.8 Å². The molecule has 1 heterocycles. The van der Waals surface area contributed by atoms with Gasteiger partial charge >= 0.3 is 5.97 Å². The zero-order valence-electron chi connectivity index (χ0n) is 24.4. The highest BCUT2D eigenvalue weighted by molar-refractivity contribution is 7.99. The minimum Gasteiger partial charge on any atom is -0.493 e. The number of hydrogen-bond donors (Lipinski definition) is 1. The van der Waals surface area contributed by atoms with Gasteiger partial charge < -0.3 is 14.2 Å². The molecule has 10 nitrogen and oxygen atoms in total. The van der Waals surface area contributed by atoms with Crippen LogP contribution < -0.4 is 19.6 Å². The molecule has 11 heteroatoms. The van der Waals surface area contributed by atoms with E-state index in [0.29, 0.717) is 16.5 Å². The summed E-state index contributed by atoms with van der Waals surface area (Å²) in [7, 11) is 2.89. The van der Waals surface area contributed by atoms with Crippen LogP contribution in [0.3, 0.4) is 0 Å². The average Bonchev–Trinajstić information content (AvgIpc) is 3.40. The number of benzene rings is 3. The van der Waals surface area contributed by atoms with Crippen molar-refractivity contribution >= 4 is 29.9 Å². The maximum atomic E-state index is 12.7. The maximum absolute atomic E-state index is 12.7. The number of para-hydroxylation sites is 1. The second-order valence-electron chi connectivity index (χ2n) is 10.2. The zero-order chi connectivity index (χ0) is 30.3. The summed E-state index contributed by atoms with van der Waals surface area (Å²) in [4.78, 5) is 24.1. The number of amides is 1. The van der Waals surface area contributed by atoms with E-state index >= 15 is 0 Å². The van der Waals surface area contributed by atoms with Gasteiger partial charge in [0.1, 0.15) is 0 Å². The Morgan fingerprint density at radius 1 is 0.976 bits per heavy atom. The Morgan fingerprint density at radius 2 is 1.62 bits per heavy atom. The molecule has 0 atom stereocenters. The fourth-order valence-corrected chi connectivity index (χ4v) is 4.78. The molecule has 0 radical (unpaired) electrons. The number of hydrogen-bond acceptors (Lipinski definition) is 9. The molecule has 0 spiro atoms. The summed E-state index contributed by atoms with van der Waals surface area (Å²) in [6, 6.07) is 21.3. The maximum Gasteiger partial charge on any atom is 0.308 e. The first-order valence-corrected chi connectivity index (χ1v) is 14.1. The Balaban J connectivity index is 1.49. The minimum absolute atomic E-state index is 0.0357. The molecule has 0 aliphatic heterocycles. The predicted molar refractivity (Wildman–Crippen MR) is 163 cm³/mol. The number of thioether (sulfide) groups is 1. The number of methoxy groups -OCH3 is 2. The third kappa shape index (κ3) is 7.35. The second kappa shape index (κ2) is 13.3. The van der Waals surface area contributed by atoms with Gasteiger partial charge in [0.2, 0.25) is 5.75 Å².